The van der Waals surface area contributed by atoms with Crippen molar-refractivity contribution in [1.82, 2.24) is 4.98 Å². The molecule has 0 radical (unpaired) electrons. The third kappa shape index (κ3) is 3.44. The third-order valence-electron chi connectivity index (χ3n) is 3.05. The van der Waals surface area contributed by atoms with E-state index >= 15 is 0 Å². The molecule has 0 fully saturated rings. The van der Waals surface area contributed by atoms with E-state index in [2.05, 4.69) is 37.9 Å². The number of hydrogen-bond acceptors (Lipinski definition) is 3. The lowest BCUT2D eigenvalue weighted by molar-refractivity contribution is 0.271. The molecule has 1 heterocycles. The van der Waals surface area contributed by atoms with Crippen LogP contribution < -0.4 is 10.5 Å². The first-order valence-corrected chi connectivity index (χ1v) is 6.83. The standard InChI is InChI=1S/C16H22N2O/c1-11(2)10-19-14-4-5-16-13(9-14)8-12(3)15(18-16)6-7-17/h4-5,8-9,11H,6-7,10,17H2,1-3H3. The molecule has 0 aliphatic carbocycles. The summed E-state index contributed by atoms with van der Waals surface area (Å²) in [6.07, 6.45) is 0.827. The van der Waals surface area contributed by atoms with Gasteiger partial charge in [-0.2, -0.15) is 0 Å². The van der Waals surface area contributed by atoms with Crippen molar-refractivity contribution >= 4 is 10.9 Å². The molecule has 102 valence electrons. The lowest BCUT2D eigenvalue weighted by atomic mass is 10.1. The largest absolute Gasteiger partial charge is 0.493 e. The van der Waals surface area contributed by atoms with E-state index in [1.165, 1.54) is 5.56 Å². The molecule has 0 spiro atoms. The van der Waals surface area contributed by atoms with Crippen LogP contribution in [0.4, 0.5) is 0 Å². The fourth-order valence-electron chi connectivity index (χ4n) is 2.04. The first-order chi connectivity index (χ1) is 9.10. The zero-order chi connectivity index (χ0) is 13.8. The van der Waals surface area contributed by atoms with E-state index < -0.39 is 0 Å². The van der Waals surface area contributed by atoms with Crippen molar-refractivity contribution in [3.05, 3.63) is 35.5 Å². The number of nitrogens with two attached hydrogens (primary N) is 1. The van der Waals surface area contributed by atoms with Crippen LogP contribution in [-0.2, 0) is 6.42 Å². The molecule has 2 aromatic rings. The van der Waals surface area contributed by atoms with E-state index in [1.807, 2.05) is 12.1 Å². The van der Waals surface area contributed by atoms with Crippen LogP contribution in [0.1, 0.15) is 25.1 Å². The minimum absolute atomic E-state index is 0.530. The molecule has 0 unspecified atom stereocenters. The molecule has 0 bridgehead atoms. The number of ether oxygens (including phenoxy) is 1. The summed E-state index contributed by atoms with van der Waals surface area (Å²) >= 11 is 0. The predicted octanol–water partition coefficient (Wildman–Crippen LogP) is 3.08. The molecule has 0 aliphatic heterocycles. The van der Waals surface area contributed by atoms with Crippen LogP contribution in [0, 0.1) is 12.8 Å². The molecule has 2 N–H and O–H groups in total. The summed E-state index contributed by atoms with van der Waals surface area (Å²) in [6.45, 7) is 7.74. The Labute approximate surface area is 114 Å². The molecule has 0 saturated heterocycles. The SMILES string of the molecule is Cc1cc2cc(OCC(C)C)ccc2nc1CCN. The highest BCUT2D eigenvalue weighted by atomic mass is 16.5. The molecule has 0 aliphatic rings. The Morgan fingerprint density at radius 3 is 2.74 bits per heavy atom. The maximum absolute atomic E-state index is 5.75. The van der Waals surface area contributed by atoms with Gasteiger partial charge >= 0.3 is 0 Å². The number of aryl methyl sites for hydroxylation is 1. The Kier molecular flexibility index (Phi) is 4.38. The van der Waals surface area contributed by atoms with E-state index in [-0.39, 0.29) is 0 Å². The van der Waals surface area contributed by atoms with Crippen molar-refractivity contribution in [3.8, 4) is 5.75 Å². The molecule has 1 aromatic carbocycles. The normalized spacial score (nSPS) is 11.2. The second-order valence-corrected chi connectivity index (χ2v) is 5.35. The van der Waals surface area contributed by atoms with Gasteiger partial charge in [0.2, 0.25) is 0 Å². The van der Waals surface area contributed by atoms with Gasteiger partial charge in [0.1, 0.15) is 5.75 Å². The van der Waals surface area contributed by atoms with Crippen molar-refractivity contribution in [1.29, 1.82) is 0 Å². The molecule has 3 heteroatoms. The van der Waals surface area contributed by atoms with Gasteiger partial charge in [0, 0.05) is 17.5 Å². The first kappa shape index (κ1) is 13.8. The summed E-state index contributed by atoms with van der Waals surface area (Å²) in [7, 11) is 0. The van der Waals surface area contributed by atoms with Gasteiger partial charge in [-0.15, -0.1) is 0 Å². The smallest absolute Gasteiger partial charge is 0.120 e. The van der Waals surface area contributed by atoms with Gasteiger partial charge < -0.3 is 10.5 Å². The van der Waals surface area contributed by atoms with Crippen molar-refractivity contribution < 1.29 is 4.74 Å². The number of pyridine rings is 1. The summed E-state index contributed by atoms with van der Waals surface area (Å²) in [4.78, 5) is 4.67. The number of aromatic nitrogens is 1. The molecule has 2 rings (SSSR count). The number of nitrogens with zero attached hydrogens (tertiary/aromatic N) is 1. The van der Waals surface area contributed by atoms with E-state index in [4.69, 9.17) is 10.5 Å². The Bertz CT molecular complexity index is 564. The van der Waals surface area contributed by atoms with Crippen LogP contribution in [-0.4, -0.2) is 18.1 Å². The van der Waals surface area contributed by atoms with Crippen molar-refractivity contribution in [2.45, 2.75) is 27.2 Å². The number of benzene rings is 1. The highest BCUT2D eigenvalue weighted by molar-refractivity contribution is 5.81. The molecule has 3 nitrogen and oxygen atoms in total. The summed E-state index contributed by atoms with van der Waals surface area (Å²) in [5.74, 6) is 1.44. The third-order valence-corrected chi connectivity index (χ3v) is 3.05. The van der Waals surface area contributed by atoms with E-state index in [0.29, 0.717) is 12.5 Å². The minimum atomic E-state index is 0.530. The van der Waals surface area contributed by atoms with Gasteiger partial charge in [0.15, 0.2) is 0 Å². The second-order valence-electron chi connectivity index (χ2n) is 5.35. The molecular formula is C16H22N2O. The van der Waals surface area contributed by atoms with Gasteiger partial charge in [-0.25, -0.2) is 0 Å². The molecular weight excluding hydrogens is 236 g/mol. The maximum Gasteiger partial charge on any atom is 0.120 e. The van der Waals surface area contributed by atoms with Gasteiger partial charge in [0.25, 0.3) is 0 Å². The molecule has 0 amide bonds. The molecule has 0 saturated carbocycles. The summed E-state index contributed by atoms with van der Waals surface area (Å²) in [5, 5.41) is 1.12. The van der Waals surface area contributed by atoms with Crippen molar-refractivity contribution in [2.75, 3.05) is 13.2 Å². The Morgan fingerprint density at radius 2 is 2.05 bits per heavy atom. The average Bonchev–Trinajstić information content (AvgIpc) is 2.37. The summed E-state index contributed by atoms with van der Waals surface area (Å²) in [5.41, 5.74) is 8.89. The first-order valence-electron chi connectivity index (χ1n) is 6.83. The van der Waals surface area contributed by atoms with Crippen molar-refractivity contribution in [2.24, 2.45) is 11.7 Å². The Morgan fingerprint density at radius 1 is 1.26 bits per heavy atom. The Balaban J connectivity index is 2.30. The fraction of sp³-hybridized carbons (Fsp3) is 0.438. The lowest BCUT2D eigenvalue weighted by Crippen LogP contribution is -2.06. The molecule has 0 atom stereocenters. The van der Waals surface area contributed by atoms with E-state index in [0.717, 1.165) is 35.4 Å². The lowest BCUT2D eigenvalue weighted by Gasteiger charge is -2.10. The number of hydrogen-bond donors (Lipinski definition) is 1. The minimum Gasteiger partial charge on any atom is -0.493 e. The van der Waals surface area contributed by atoms with Crippen LogP contribution in [0.2, 0.25) is 0 Å². The average molecular weight is 258 g/mol. The van der Waals surface area contributed by atoms with Gasteiger partial charge in [-0.1, -0.05) is 13.8 Å². The highest BCUT2D eigenvalue weighted by Crippen LogP contribution is 2.22. The molecule has 19 heavy (non-hydrogen) atoms. The molecule has 1 aromatic heterocycles. The van der Waals surface area contributed by atoms with Crippen LogP contribution in [0.5, 0.6) is 5.75 Å². The predicted molar refractivity (Wildman–Crippen MR) is 79.6 cm³/mol. The number of rotatable bonds is 5. The fourth-order valence-corrected chi connectivity index (χ4v) is 2.04. The van der Waals surface area contributed by atoms with E-state index in [9.17, 15) is 0 Å². The van der Waals surface area contributed by atoms with E-state index in [1.54, 1.807) is 0 Å². The van der Waals surface area contributed by atoms with Crippen LogP contribution in [0.25, 0.3) is 10.9 Å². The Hall–Kier alpha value is -1.61. The summed E-state index contributed by atoms with van der Waals surface area (Å²) in [6, 6.07) is 8.23. The van der Waals surface area contributed by atoms with Crippen LogP contribution in [0.15, 0.2) is 24.3 Å². The summed E-state index contributed by atoms with van der Waals surface area (Å²) < 4.78 is 5.75. The topological polar surface area (TPSA) is 48.1 Å². The number of fused-ring (bicyclic) bond motifs is 1. The zero-order valence-corrected chi connectivity index (χ0v) is 11.9. The van der Waals surface area contributed by atoms with Crippen molar-refractivity contribution in [3.63, 3.8) is 0 Å². The van der Waals surface area contributed by atoms with Gasteiger partial charge in [-0.3, -0.25) is 4.98 Å². The van der Waals surface area contributed by atoms with Gasteiger partial charge in [0.05, 0.1) is 12.1 Å². The second kappa shape index (κ2) is 6.02. The maximum atomic E-state index is 5.75. The quantitative estimate of drug-likeness (QED) is 0.896. The van der Waals surface area contributed by atoms with Gasteiger partial charge in [-0.05, 0) is 49.2 Å². The highest BCUT2D eigenvalue weighted by Gasteiger charge is 2.05. The van der Waals surface area contributed by atoms with Crippen LogP contribution >= 0.6 is 0 Å². The van der Waals surface area contributed by atoms with Crippen LogP contribution in [0.3, 0.4) is 0 Å². The monoisotopic (exact) mass is 258 g/mol. The zero-order valence-electron chi connectivity index (χ0n) is 11.9.